The summed E-state index contributed by atoms with van der Waals surface area (Å²) in [6.07, 6.45) is -0.740. The van der Waals surface area contributed by atoms with Crippen molar-refractivity contribution < 1.29 is 19.4 Å². The molecule has 0 unspecified atom stereocenters. The summed E-state index contributed by atoms with van der Waals surface area (Å²) in [4.78, 5) is 27.2. The molecular formula is C20H22N4O4. The van der Waals surface area contributed by atoms with Crippen LogP contribution < -0.4 is 16.8 Å². The van der Waals surface area contributed by atoms with Crippen LogP contribution in [-0.2, 0) is 9.53 Å². The molecule has 0 fully saturated rings. The second-order valence-electron chi connectivity index (χ2n) is 6.46. The smallest absolute Gasteiger partial charge is 0.407 e. The molecule has 2 aromatic carbocycles. The number of nitrogens with two attached hydrogens (primary N) is 2. The van der Waals surface area contributed by atoms with Crippen LogP contribution in [0.4, 0.5) is 4.79 Å². The number of hydrogen-bond acceptors (Lipinski definition) is 4. The van der Waals surface area contributed by atoms with E-state index in [0.29, 0.717) is 0 Å². The topological polar surface area (TPSA) is 140 Å². The highest BCUT2D eigenvalue weighted by molar-refractivity contribution is 5.81. The number of rotatable bonds is 7. The van der Waals surface area contributed by atoms with Gasteiger partial charge < -0.3 is 26.6 Å². The summed E-state index contributed by atoms with van der Waals surface area (Å²) in [5.41, 5.74) is 14.8. The number of nitrogens with zero attached hydrogens (tertiary/aromatic N) is 1. The lowest BCUT2D eigenvalue weighted by Gasteiger charge is -2.17. The van der Waals surface area contributed by atoms with Gasteiger partial charge in [0.1, 0.15) is 12.6 Å². The molecule has 8 heteroatoms. The van der Waals surface area contributed by atoms with Crippen molar-refractivity contribution in [2.75, 3.05) is 13.2 Å². The standard InChI is InChI=1S/C20H22N4O4/c21-19(22)23-10-9-17(18(25)26)24-20(27)28-11-16-14-7-3-1-5-12(14)13-6-2-4-8-15(13)16/h1-8,16-17H,9-11H2,(H,24,27)(H,25,26)(H4,21,22,23)/t17-/m1/s1. The lowest BCUT2D eigenvalue weighted by atomic mass is 9.98. The van der Waals surface area contributed by atoms with Gasteiger partial charge in [-0.2, -0.15) is 0 Å². The number of ether oxygens (including phenoxy) is 1. The van der Waals surface area contributed by atoms with Crippen molar-refractivity contribution in [1.82, 2.24) is 5.32 Å². The third-order valence-electron chi connectivity index (χ3n) is 4.65. The third kappa shape index (κ3) is 4.22. The Hall–Kier alpha value is -3.55. The number of benzene rings is 2. The molecule has 2 aromatic rings. The fraction of sp³-hybridized carbons (Fsp3) is 0.250. The minimum atomic E-state index is -1.18. The Kier molecular flexibility index (Phi) is 5.78. The monoisotopic (exact) mass is 382 g/mol. The van der Waals surface area contributed by atoms with Crippen LogP contribution >= 0.6 is 0 Å². The van der Waals surface area contributed by atoms with Crippen LogP contribution in [0.2, 0.25) is 0 Å². The number of amides is 1. The van der Waals surface area contributed by atoms with Crippen LogP contribution in [-0.4, -0.2) is 42.3 Å². The number of carbonyl (C=O) groups excluding carboxylic acids is 1. The first-order valence-electron chi connectivity index (χ1n) is 8.87. The van der Waals surface area contributed by atoms with E-state index in [1.54, 1.807) is 0 Å². The first kappa shape index (κ1) is 19.2. The molecule has 0 spiro atoms. The van der Waals surface area contributed by atoms with Gasteiger partial charge in [-0.3, -0.25) is 4.99 Å². The van der Waals surface area contributed by atoms with Crippen molar-refractivity contribution in [3.05, 3.63) is 59.7 Å². The summed E-state index contributed by atoms with van der Waals surface area (Å²) in [5, 5.41) is 11.6. The normalized spacial score (nSPS) is 13.1. The lowest BCUT2D eigenvalue weighted by Crippen LogP contribution is -2.42. The van der Waals surface area contributed by atoms with Gasteiger partial charge in [-0.1, -0.05) is 48.5 Å². The molecule has 1 aliphatic carbocycles. The van der Waals surface area contributed by atoms with Crippen LogP contribution in [0.15, 0.2) is 53.5 Å². The average Bonchev–Trinajstić information content (AvgIpc) is 2.99. The zero-order valence-electron chi connectivity index (χ0n) is 15.2. The number of aliphatic carboxylic acids is 1. The summed E-state index contributed by atoms with van der Waals surface area (Å²) >= 11 is 0. The first-order valence-corrected chi connectivity index (χ1v) is 8.87. The highest BCUT2D eigenvalue weighted by Gasteiger charge is 2.29. The Bertz CT molecular complexity index is 863. The number of guanidine groups is 1. The molecule has 1 atom stereocenters. The van der Waals surface area contributed by atoms with Gasteiger partial charge in [-0.25, -0.2) is 9.59 Å². The van der Waals surface area contributed by atoms with Crippen LogP contribution in [0.25, 0.3) is 11.1 Å². The van der Waals surface area contributed by atoms with Gasteiger partial charge in [0.25, 0.3) is 0 Å². The van der Waals surface area contributed by atoms with Gasteiger partial charge in [0.2, 0.25) is 0 Å². The molecule has 8 nitrogen and oxygen atoms in total. The molecule has 0 aromatic heterocycles. The number of hydrogen-bond donors (Lipinski definition) is 4. The van der Waals surface area contributed by atoms with Crippen LogP contribution in [0.5, 0.6) is 0 Å². The quantitative estimate of drug-likeness (QED) is 0.424. The van der Waals surface area contributed by atoms with Gasteiger partial charge in [0.05, 0.1) is 0 Å². The Balaban J connectivity index is 1.64. The van der Waals surface area contributed by atoms with E-state index in [9.17, 15) is 14.7 Å². The fourth-order valence-electron chi connectivity index (χ4n) is 3.36. The van der Waals surface area contributed by atoms with Gasteiger partial charge in [0, 0.05) is 12.5 Å². The summed E-state index contributed by atoms with van der Waals surface area (Å²) < 4.78 is 5.35. The number of nitrogens with one attached hydrogen (secondary N) is 1. The maximum atomic E-state index is 12.2. The van der Waals surface area contributed by atoms with Crippen molar-refractivity contribution in [1.29, 1.82) is 0 Å². The third-order valence-corrected chi connectivity index (χ3v) is 4.65. The second-order valence-corrected chi connectivity index (χ2v) is 6.46. The van der Waals surface area contributed by atoms with Crippen molar-refractivity contribution in [3.63, 3.8) is 0 Å². The Labute approximate surface area is 162 Å². The Morgan fingerprint density at radius 2 is 1.64 bits per heavy atom. The number of carboxylic acid groups (broad SMARTS) is 1. The molecular weight excluding hydrogens is 360 g/mol. The largest absolute Gasteiger partial charge is 0.480 e. The van der Waals surface area contributed by atoms with Gasteiger partial charge >= 0.3 is 12.1 Å². The van der Waals surface area contributed by atoms with Crippen LogP contribution in [0.1, 0.15) is 23.5 Å². The average molecular weight is 382 g/mol. The molecule has 146 valence electrons. The number of fused-ring (bicyclic) bond motifs is 3. The van der Waals surface area contributed by atoms with E-state index in [1.165, 1.54) is 0 Å². The Morgan fingerprint density at radius 3 is 2.18 bits per heavy atom. The van der Waals surface area contributed by atoms with E-state index in [1.807, 2.05) is 48.5 Å². The molecule has 0 radical (unpaired) electrons. The minimum Gasteiger partial charge on any atom is -0.480 e. The summed E-state index contributed by atoms with van der Waals surface area (Å²) in [7, 11) is 0. The minimum absolute atomic E-state index is 0.0530. The predicted molar refractivity (Wildman–Crippen MR) is 105 cm³/mol. The SMILES string of the molecule is NC(N)=NCC[C@@H](NC(=O)OCC1c2ccccc2-c2ccccc21)C(=O)O. The maximum absolute atomic E-state index is 12.2. The van der Waals surface area contributed by atoms with Gasteiger partial charge in [-0.15, -0.1) is 0 Å². The zero-order chi connectivity index (χ0) is 20.1. The molecule has 0 heterocycles. The summed E-state index contributed by atoms with van der Waals surface area (Å²) in [5.74, 6) is -1.41. The lowest BCUT2D eigenvalue weighted by molar-refractivity contribution is -0.139. The second kappa shape index (κ2) is 8.43. The molecule has 28 heavy (non-hydrogen) atoms. The molecule has 3 rings (SSSR count). The van der Waals surface area contributed by atoms with E-state index in [-0.39, 0.29) is 31.4 Å². The van der Waals surface area contributed by atoms with E-state index in [2.05, 4.69) is 10.3 Å². The van der Waals surface area contributed by atoms with E-state index in [4.69, 9.17) is 16.2 Å². The number of carboxylic acids is 1. The number of aliphatic imine (C=N–C) groups is 1. The van der Waals surface area contributed by atoms with E-state index < -0.39 is 18.1 Å². The van der Waals surface area contributed by atoms with Gasteiger partial charge in [-0.05, 0) is 28.7 Å². The molecule has 0 saturated heterocycles. The van der Waals surface area contributed by atoms with Crippen molar-refractivity contribution in [2.24, 2.45) is 16.5 Å². The summed E-state index contributed by atoms with van der Waals surface area (Å²) in [6.45, 7) is 0.197. The number of alkyl carbamates (subject to hydrolysis) is 1. The highest BCUT2D eigenvalue weighted by Crippen LogP contribution is 2.44. The first-order chi connectivity index (χ1) is 13.5. The number of carbonyl (C=O) groups is 2. The Morgan fingerprint density at radius 1 is 1.07 bits per heavy atom. The maximum Gasteiger partial charge on any atom is 0.407 e. The molecule has 6 N–H and O–H groups in total. The molecule has 0 bridgehead atoms. The van der Waals surface area contributed by atoms with Crippen LogP contribution in [0, 0.1) is 0 Å². The molecule has 0 saturated carbocycles. The van der Waals surface area contributed by atoms with Crippen molar-refractivity contribution in [2.45, 2.75) is 18.4 Å². The van der Waals surface area contributed by atoms with E-state index >= 15 is 0 Å². The predicted octanol–water partition coefficient (Wildman–Crippen LogP) is 1.64. The van der Waals surface area contributed by atoms with Gasteiger partial charge in [0.15, 0.2) is 5.96 Å². The molecule has 0 aliphatic heterocycles. The zero-order valence-corrected chi connectivity index (χ0v) is 15.2. The summed E-state index contributed by atoms with van der Waals surface area (Å²) in [6, 6.07) is 14.8. The van der Waals surface area contributed by atoms with Crippen molar-refractivity contribution in [3.8, 4) is 11.1 Å². The van der Waals surface area contributed by atoms with Crippen molar-refractivity contribution >= 4 is 18.0 Å². The molecule has 1 aliphatic rings. The fourth-order valence-corrected chi connectivity index (χ4v) is 3.36. The van der Waals surface area contributed by atoms with E-state index in [0.717, 1.165) is 22.3 Å². The molecule has 1 amide bonds. The van der Waals surface area contributed by atoms with Crippen LogP contribution in [0.3, 0.4) is 0 Å². The highest BCUT2D eigenvalue weighted by atomic mass is 16.5.